The Kier molecular flexibility index (Phi) is 4.11. The van der Waals surface area contributed by atoms with E-state index < -0.39 is 12.0 Å². The van der Waals surface area contributed by atoms with Gasteiger partial charge in [-0.2, -0.15) is 0 Å². The molecule has 0 fully saturated rings. The highest BCUT2D eigenvalue weighted by atomic mass is 32.1. The Labute approximate surface area is 142 Å². The number of ether oxygens (including phenoxy) is 1. The van der Waals surface area contributed by atoms with Crippen molar-refractivity contribution in [1.29, 1.82) is 0 Å². The fraction of sp³-hybridized carbons (Fsp3) is 0.235. The SMILES string of the molecule is COc1cccc(-c2c(C)sc3ncn(C(C)C(=O)O)c(=O)c23)c1. The summed E-state index contributed by atoms with van der Waals surface area (Å²) in [5.74, 6) is -0.387. The minimum absolute atomic E-state index is 0.350. The number of aliphatic carboxylic acids is 1. The van der Waals surface area contributed by atoms with Crippen LogP contribution in [-0.2, 0) is 4.79 Å². The van der Waals surface area contributed by atoms with Gasteiger partial charge in [0.1, 0.15) is 16.6 Å². The molecule has 1 N–H and O–H groups in total. The third-order valence-corrected chi connectivity index (χ3v) is 4.96. The van der Waals surface area contributed by atoms with Gasteiger partial charge in [0.25, 0.3) is 5.56 Å². The first kappa shape index (κ1) is 16.2. The number of nitrogens with zero attached hydrogens (tertiary/aromatic N) is 2. The van der Waals surface area contributed by atoms with E-state index in [9.17, 15) is 14.7 Å². The van der Waals surface area contributed by atoms with Gasteiger partial charge < -0.3 is 9.84 Å². The molecule has 7 heteroatoms. The molecule has 0 spiro atoms. The van der Waals surface area contributed by atoms with Crippen molar-refractivity contribution in [2.75, 3.05) is 7.11 Å². The molecule has 6 nitrogen and oxygen atoms in total. The zero-order valence-corrected chi connectivity index (χ0v) is 14.3. The summed E-state index contributed by atoms with van der Waals surface area (Å²) in [7, 11) is 1.58. The molecule has 1 atom stereocenters. The fourth-order valence-electron chi connectivity index (χ4n) is 2.64. The second kappa shape index (κ2) is 6.09. The predicted octanol–water partition coefficient (Wildman–Crippen LogP) is 3.09. The van der Waals surface area contributed by atoms with Gasteiger partial charge in [-0.15, -0.1) is 11.3 Å². The van der Waals surface area contributed by atoms with Gasteiger partial charge >= 0.3 is 5.97 Å². The molecule has 0 aliphatic heterocycles. The second-order valence-corrected chi connectivity index (χ2v) is 6.62. The molecule has 1 unspecified atom stereocenters. The van der Waals surface area contributed by atoms with E-state index in [0.717, 1.165) is 20.6 Å². The summed E-state index contributed by atoms with van der Waals surface area (Å²) >= 11 is 1.42. The average Bonchev–Trinajstić information content (AvgIpc) is 2.91. The van der Waals surface area contributed by atoms with Crippen molar-refractivity contribution in [3.63, 3.8) is 0 Å². The van der Waals surface area contributed by atoms with E-state index in [4.69, 9.17) is 4.74 Å². The smallest absolute Gasteiger partial charge is 0.326 e. The third-order valence-electron chi connectivity index (χ3n) is 3.95. The molecule has 3 aromatic rings. The quantitative estimate of drug-likeness (QED) is 0.786. The summed E-state index contributed by atoms with van der Waals surface area (Å²) in [5, 5.41) is 9.64. The van der Waals surface area contributed by atoms with Crippen LogP contribution >= 0.6 is 11.3 Å². The van der Waals surface area contributed by atoms with Crippen LogP contribution in [0.1, 0.15) is 17.8 Å². The van der Waals surface area contributed by atoms with Gasteiger partial charge in [0.2, 0.25) is 0 Å². The molecule has 3 rings (SSSR count). The van der Waals surface area contributed by atoms with E-state index in [-0.39, 0.29) is 5.56 Å². The van der Waals surface area contributed by atoms with Crippen LogP contribution in [0.15, 0.2) is 35.4 Å². The molecular weight excluding hydrogens is 328 g/mol. The van der Waals surface area contributed by atoms with Crippen LogP contribution in [0, 0.1) is 6.92 Å². The molecule has 124 valence electrons. The topological polar surface area (TPSA) is 81.4 Å². The van der Waals surface area contributed by atoms with E-state index in [1.54, 1.807) is 7.11 Å². The summed E-state index contributed by atoms with van der Waals surface area (Å²) < 4.78 is 6.41. The Morgan fingerprint density at radius 2 is 2.17 bits per heavy atom. The minimum atomic E-state index is -1.08. The maximum absolute atomic E-state index is 12.9. The van der Waals surface area contributed by atoms with Crippen molar-refractivity contribution in [3.8, 4) is 16.9 Å². The van der Waals surface area contributed by atoms with Gasteiger partial charge in [-0.05, 0) is 31.5 Å². The van der Waals surface area contributed by atoms with E-state index in [1.165, 1.54) is 24.6 Å². The standard InChI is InChI=1S/C17H16N2O4S/c1-9(17(21)22)19-8-18-15-14(16(19)20)13(10(2)24-15)11-5-4-6-12(7-11)23-3/h4-9H,1-3H3,(H,21,22). The van der Waals surface area contributed by atoms with E-state index in [2.05, 4.69) is 4.98 Å². The molecule has 0 aliphatic rings. The highest BCUT2D eigenvalue weighted by Gasteiger charge is 2.21. The van der Waals surface area contributed by atoms with Crippen LogP contribution in [0.25, 0.3) is 21.3 Å². The highest BCUT2D eigenvalue weighted by Crippen LogP contribution is 2.36. The molecule has 0 aliphatic carbocycles. The van der Waals surface area contributed by atoms with Gasteiger partial charge in [-0.3, -0.25) is 9.36 Å². The third kappa shape index (κ3) is 2.56. The molecule has 2 heterocycles. The number of benzene rings is 1. The predicted molar refractivity (Wildman–Crippen MR) is 93.0 cm³/mol. The summed E-state index contributed by atoms with van der Waals surface area (Å²) in [6.45, 7) is 3.38. The van der Waals surface area contributed by atoms with Crippen LogP contribution in [0.5, 0.6) is 5.75 Å². The maximum Gasteiger partial charge on any atom is 0.326 e. The lowest BCUT2D eigenvalue weighted by atomic mass is 10.0. The number of fused-ring (bicyclic) bond motifs is 1. The van der Waals surface area contributed by atoms with Crippen molar-refractivity contribution in [3.05, 3.63) is 45.8 Å². The number of rotatable bonds is 4. The first-order chi connectivity index (χ1) is 11.4. The van der Waals surface area contributed by atoms with Gasteiger partial charge in [-0.1, -0.05) is 12.1 Å². The molecule has 0 amide bonds. The lowest BCUT2D eigenvalue weighted by Crippen LogP contribution is -2.28. The molecule has 0 bridgehead atoms. The Hall–Kier alpha value is -2.67. The number of methoxy groups -OCH3 is 1. The summed E-state index contributed by atoms with van der Waals surface area (Å²) in [4.78, 5) is 29.9. The van der Waals surface area contributed by atoms with Crippen molar-refractivity contribution >= 4 is 27.5 Å². The number of aryl methyl sites for hydroxylation is 1. The fourth-order valence-corrected chi connectivity index (χ4v) is 3.64. The Morgan fingerprint density at radius 1 is 1.42 bits per heavy atom. The number of hydrogen-bond acceptors (Lipinski definition) is 5. The molecule has 1 aromatic carbocycles. The molecular formula is C17H16N2O4S. The van der Waals surface area contributed by atoms with Crippen molar-refractivity contribution < 1.29 is 14.6 Å². The Balaban J connectivity index is 2.32. The van der Waals surface area contributed by atoms with Crippen LogP contribution in [0.4, 0.5) is 0 Å². The van der Waals surface area contributed by atoms with Crippen molar-refractivity contribution in [1.82, 2.24) is 9.55 Å². The molecule has 0 saturated carbocycles. The first-order valence-electron chi connectivity index (χ1n) is 7.31. The van der Waals surface area contributed by atoms with Crippen LogP contribution < -0.4 is 10.3 Å². The average molecular weight is 344 g/mol. The summed E-state index contributed by atoms with van der Waals surface area (Å²) in [6.07, 6.45) is 1.30. The summed E-state index contributed by atoms with van der Waals surface area (Å²) in [6, 6.07) is 6.45. The van der Waals surface area contributed by atoms with E-state index in [1.807, 2.05) is 31.2 Å². The van der Waals surface area contributed by atoms with Gasteiger partial charge in [0.15, 0.2) is 0 Å². The number of thiophene rings is 1. The van der Waals surface area contributed by atoms with E-state index >= 15 is 0 Å². The maximum atomic E-state index is 12.9. The zero-order chi connectivity index (χ0) is 17.4. The monoisotopic (exact) mass is 344 g/mol. The summed E-state index contributed by atoms with van der Waals surface area (Å²) in [5.41, 5.74) is 1.27. The Morgan fingerprint density at radius 3 is 2.83 bits per heavy atom. The van der Waals surface area contributed by atoms with Gasteiger partial charge in [0.05, 0.1) is 18.8 Å². The first-order valence-corrected chi connectivity index (χ1v) is 8.13. The number of carboxylic acid groups (broad SMARTS) is 1. The van der Waals surface area contributed by atoms with Crippen LogP contribution in [0.2, 0.25) is 0 Å². The number of hydrogen-bond donors (Lipinski definition) is 1. The van der Waals surface area contributed by atoms with Gasteiger partial charge in [0, 0.05) is 10.4 Å². The number of carboxylic acids is 1. The van der Waals surface area contributed by atoms with Crippen LogP contribution in [-0.4, -0.2) is 27.7 Å². The lowest BCUT2D eigenvalue weighted by molar-refractivity contribution is -0.140. The van der Waals surface area contributed by atoms with E-state index in [0.29, 0.717) is 16.0 Å². The highest BCUT2D eigenvalue weighted by molar-refractivity contribution is 7.19. The number of carbonyl (C=O) groups is 1. The normalized spacial score (nSPS) is 12.3. The van der Waals surface area contributed by atoms with Crippen LogP contribution in [0.3, 0.4) is 0 Å². The second-order valence-electron chi connectivity index (χ2n) is 5.42. The molecule has 0 radical (unpaired) electrons. The van der Waals surface area contributed by atoms with Crippen molar-refractivity contribution in [2.45, 2.75) is 19.9 Å². The molecule has 24 heavy (non-hydrogen) atoms. The molecule has 2 aromatic heterocycles. The molecule has 0 saturated heterocycles. The number of aromatic nitrogens is 2. The minimum Gasteiger partial charge on any atom is -0.497 e. The Bertz CT molecular complexity index is 990. The largest absolute Gasteiger partial charge is 0.497 e. The zero-order valence-electron chi connectivity index (χ0n) is 13.4. The lowest BCUT2D eigenvalue weighted by Gasteiger charge is -2.10. The van der Waals surface area contributed by atoms with Crippen molar-refractivity contribution in [2.24, 2.45) is 0 Å². The van der Waals surface area contributed by atoms with Gasteiger partial charge in [-0.25, -0.2) is 9.78 Å².